The van der Waals surface area contributed by atoms with Crippen LogP contribution in [0.2, 0.25) is 0 Å². The van der Waals surface area contributed by atoms with Gasteiger partial charge in [0.25, 0.3) is 0 Å². The molecule has 0 radical (unpaired) electrons. The summed E-state index contributed by atoms with van der Waals surface area (Å²) < 4.78 is 7.44. The lowest BCUT2D eigenvalue weighted by Crippen LogP contribution is -2.41. The molecule has 1 aliphatic heterocycles. The zero-order valence-electron chi connectivity index (χ0n) is 15.1. The average Bonchev–Trinajstić information content (AvgIpc) is 2.71. The third-order valence-electron chi connectivity index (χ3n) is 4.45. The molecule has 130 valence electrons. The fraction of sp³-hybridized carbons (Fsp3) is 0.765. The molecule has 0 unspecified atom stereocenters. The molecule has 23 heavy (non-hydrogen) atoms. The van der Waals surface area contributed by atoms with E-state index in [2.05, 4.69) is 5.10 Å². The zero-order valence-corrected chi connectivity index (χ0v) is 15.1. The van der Waals surface area contributed by atoms with Gasteiger partial charge in [-0.05, 0) is 59.8 Å². The summed E-state index contributed by atoms with van der Waals surface area (Å²) in [7, 11) is 0. The Morgan fingerprint density at radius 2 is 1.91 bits per heavy atom. The van der Waals surface area contributed by atoms with Crippen LogP contribution in [-0.4, -0.2) is 39.5 Å². The number of hydrogen-bond donors (Lipinski definition) is 1. The first-order chi connectivity index (χ1) is 10.7. The van der Waals surface area contributed by atoms with Gasteiger partial charge in [-0.3, -0.25) is 4.68 Å². The number of carbonyl (C=O) groups excluding carboxylic acids is 1. The molecule has 2 heterocycles. The minimum Gasteiger partial charge on any atom is -0.444 e. The largest absolute Gasteiger partial charge is 0.444 e. The van der Waals surface area contributed by atoms with E-state index in [0.29, 0.717) is 5.92 Å². The summed E-state index contributed by atoms with van der Waals surface area (Å²) in [5.74, 6) is 0.624. The second kappa shape index (κ2) is 6.81. The number of aryl methyl sites for hydroxylation is 2. The van der Waals surface area contributed by atoms with Crippen molar-refractivity contribution in [1.29, 1.82) is 0 Å². The molecule has 1 amide bonds. The maximum Gasteiger partial charge on any atom is 0.410 e. The second-order valence-electron chi connectivity index (χ2n) is 7.51. The van der Waals surface area contributed by atoms with Crippen LogP contribution < -0.4 is 5.73 Å². The molecule has 0 aliphatic carbocycles. The van der Waals surface area contributed by atoms with Crippen molar-refractivity contribution in [2.24, 2.45) is 5.92 Å². The maximum absolute atomic E-state index is 12.1. The third kappa shape index (κ3) is 4.62. The van der Waals surface area contributed by atoms with Crippen molar-refractivity contribution in [2.75, 3.05) is 18.8 Å². The van der Waals surface area contributed by atoms with E-state index in [-0.39, 0.29) is 6.09 Å². The Balaban J connectivity index is 1.79. The van der Waals surface area contributed by atoms with Crippen LogP contribution in [0.1, 0.15) is 51.4 Å². The molecule has 0 atom stereocenters. The van der Waals surface area contributed by atoms with Crippen LogP contribution >= 0.6 is 0 Å². The van der Waals surface area contributed by atoms with Crippen molar-refractivity contribution in [2.45, 2.75) is 66.0 Å². The lowest BCUT2D eigenvalue weighted by molar-refractivity contribution is 0.0179. The Morgan fingerprint density at radius 1 is 1.30 bits per heavy atom. The molecule has 0 spiro atoms. The van der Waals surface area contributed by atoms with E-state index in [4.69, 9.17) is 10.5 Å². The Kier molecular flexibility index (Phi) is 5.22. The summed E-state index contributed by atoms with van der Waals surface area (Å²) in [6.07, 6.45) is 2.92. The lowest BCUT2D eigenvalue weighted by atomic mass is 9.94. The molecule has 0 saturated carbocycles. The minimum absolute atomic E-state index is 0.192. The number of carbonyl (C=O) groups is 1. The molecule has 2 rings (SSSR count). The molecule has 0 bridgehead atoms. The second-order valence-corrected chi connectivity index (χ2v) is 7.51. The van der Waals surface area contributed by atoms with E-state index in [1.807, 2.05) is 44.2 Å². The topological polar surface area (TPSA) is 73.4 Å². The predicted octanol–water partition coefficient (Wildman–Crippen LogP) is 3.12. The first-order valence-electron chi connectivity index (χ1n) is 8.45. The van der Waals surface area contributed by atoms with Crippen molar-refractivity contribution >= 4 is 11.8 Å². The van der Waals surface area contributed by atoms with E-state index in [1.165, 1.54) is 0 Å². The lowest BCUT2D eigenvalue weighted by Gasteiger charge is -2.33. The Labute approximate surface area is 139 Å². The summed E-state index contributed by atoms with van der Waals surface area (Å²) in [5.41, 5.74) is 8.30. The van der Waals surface area contributed by atoms with Gasteiger partial charge in [0.2, 0.25) is 0 Å². The highest BCUT2D eigenvalue weighted by atomic mass is 16.6. The summed E-state index contributed by atoms with van der Waals surface area (Å²) in [4.78, 5) is 13.9. The fourth-order valence-corrected chi connectivity index (χ4v) is 2.96. The van der Waals surface area contributed by atoms with Crippen LogP contribution in [0, 0.1) is 19.8 Å². The molecule has 1 aromatic rings. The van der Waals surface area contributed by atoms with Gasteiger partial charge in [-0.25, -0.2) is 4.79 Å². The summed E-state index contributed by atoms with van der Waals surface area (Å²) in [6.45, 7) is 12.1. The van der Waals surface area contributed by atoms with Gasteiger partial charge >= 0.3 is 6.09 Å². The fourth-order valence-electron chi connectivity index (χ4n) is 2.96. The molecular formula is C17H30N4O2. The van der Waals surface area contributed by atoms with Gasteiger partial charge in [0, 0.05) is 19.6 Å². The minimum atomic E-state index is -0.427. The summed E-state index contributed by atoms with van der Waals surface area (Å²) in [5, 5.41) is 4.48. The van der Waals surface area contributed by atoms with Crippen LogP contribution in [-0.2, 0) is 11.3 Å². The van der Waals surface area contributed by atoms with E-state index in [0.717, 1.165) is 56.0 Å². The Morgan fingerprint density at radius 3 is 2.39 bits per heavy atom. The highest BCUT2D eigenvalue weighted by molar-refractivity contribution is 5.68. The quantitative estimate of drug-likeness (QED) is 0.928. The van der Waals surface area contributed by atoms with Crippen molar-refractivity contribution in [3.8, 4) is 0 Å². The molecule has 0 aromatic carbocycles. The first kappa shape index (κ1) is 17.6. The highest BCUT2D eigenvalue weighted by Crippen LogP contribution is 2.24. The van der Waals surface area contributed by atoms with E-state index >= 15 is 0 Å². The van der Waals surface area contributed by atoms with Crippen LogP contribution in [0.15, 0.2) is 0 Å². The number of ether oxygens (including phenoxy) is 1. The Hall–Kier alpha value is -1.72. The van der Waals surface area contributed by atoms with Crippen LogP contribution in [0.3, 0.4) is 0 Å². The predicted molar refractivity (Wildman–Crippen MR) is 91.3 cm³/mol. The van der Waals surface area contributed by atoms with Gasteiger partial charge in [0.15, 0.2) is 0 Å². The van der Waals surface area contributed by atoms with Crippen molar-refractivity contribution < 1.29 is 9.53 Å². The van der Waals surface area contributed by atoms with Crippen molar-refractivity contribution in [3.63, 3.8) is 0 Å². The molecular weight excluding hydrogens is 292 g/mol. The maximum atomic E-state index is 12.1. The number of nitrogens with zero attached hydrogens (tertiary/aromatic N) is 3. The van der Waals surface area contributed by atoms with Crippen LogP contribution in [0.4, 0.5) is 10.5 Å². The monoisotopic (exact) mass is 322 g/mol. The standard InChI is InChI=1S/C17H30N4O2/c1-12-15(18)13(2)21(19-12)11-8-14-6-9-20(10-7-14)16(22)23-17(3,4)5/h14H,6-11,18H2,1-5H3. The normalized spacial score (nSPS) is 16.7. The van der Waals surface area contributed by atoms with Crippen molar-refractivity contribution in [1.82, 2.24) is 14.7 Å². The van der Waals surface area contributed by atoms with E-state index < -0.39 is 5.60 Å². The van der Waals surface area contributed by atoms with Crippen LogP contribution in [0.25, 0.3) is 0 Å². The Bertz CT molecular complexity index is 552. The van der Waals surface area contributed by atoms with Gasteiger partial charge in [0.05, 0.1) is 17.1 Å². The van der Waals surface area contributed by atoms with Gasteiger partial charge in [0.1, 0.15) is 5.60 Å². The highest BCUT2D eigenvalue weighted by Gasteiger charge is 2.26. The first-order valence-corrected chi connectivity index (χ1v) is 8.45. The molecule has 2 N–H and O–H groups in total. The van der Waals surface area contributed by atoms with E-state index in [9.17, 15) is 4.79 Å². The molecule has 1 aliphatic rings. The van der Waals surface area contributed by atoms with Gasteiger partial charge in [-0.2, -0.15) is 5.10 Å². The molecule has 6 nitrogen and oxygen atoms in total. The average molecular weight is 322 g/mol. The number of hydrogen-bond acceptors (Lipinski definition) is 4. The molecule has 6 heteroatoms. The van der Waals surface area contributed by atoms with Gasteiger partial charge in [-0.1, -0.05) is 0 Å². The summed E-state index contributed by atoms with van der Waals surface area (Å²) >= 11 is 0. The number of rotatable bonds is 3. The van der Waals surface area contributed by atoms with Crippen molar-refractivity contribution in [3.05, 3.63) is 11.4 Å². The number of nitrogen functional groups attached to an aromatic ring is 1. The smallest absolute Gasteiger partial charge is 0.410 e. The number of aromatic nitrogens is 2. The zero-order chi connectivity index (χ0) is 17.2. The SMILES string of the molecule is Cc1nn(CCC2CCN(C(=O)OC(C)(C)C)CC2)c(C)c1N. The van der Waals surface area contributed by atoms with E-state index in [1.54, 1.807) is 0 Å². The number of likely N-dealkylation sites (tertiary alicyclic amines) is 1. The van der Waals surface area contributed by atoms with Gasteiger partial charge < -0.3 is 15.4 Å². The molecule has 1 fully saturated rings. The molecule has 1 aromatic heterocycles. The number of amides is 1. The number of anilines is 1. The number of piperidine rings is 1. The number of nitrogens with two attached hydrogens (primary N) is 1. The van der Waals surface area contributed by atoms with Crippen LogP contribution in [0.5, 0.6) is 0 Å². The van der Waals surface area contributed by atoms with Gasteiger partial charge in [-0.15, -0.1) is 0 Å². The summed E-state index contributed by atoms with van der Waals surface area (Å²) in [6, 6.07) is 0. The third-order valence-corrected chi connectivity index (χ3v) is 4.45. The molecule has 1 saturated heterocycles.